The van der Waals surface area contributed by atoms with Crippen molar-refractivity contribution in [3.8, 4) is 5.69 Å². The SMILES string of the molecule is CCNC(=NCCN(CC)C1CC1)NCCc1ccc(-n2cccn2)cc1.I. The number of aromatic nitrogens is 2. The zero-order chi connectivity index (χ0) is 18.9. The largest absolute Gasteiger partial charge is 0.357 e. The maximum Gasteiger partial charge on any atom is 0.191 e. The van der Waals surface area contributed by atoms with Gasteiger partial charge in [-0.3, -0.25) is 9.89 Å². The van der Waals surface area contributed by atoms with Gasteiger partial charge in [-0.1, -0.05) is 19.1 Å². The molecule has 154 valence electrons. The fraction of sp³-hybridized carbons (Fsp3) is 0.524. The Bertz CT molecular complexity index is 694. The second kappa shape index (κ2) is 12.1. The third kappa shape index (κ3) is 7.09. The lowest BCUT2D eigenvalue weighted by atomic mass is 10.1. The first-order valence-electron chi connectivity index (χ1n) is 10.1. The van der Waals surface area contributed by atoms with Crippen LogP contribution in [0.2, 0.25) is 0 Å². The van der Waals surface area contributed by atoms with E-state index in [1.54, 1.807) is 6.20 Å². The van der Waals surface area contributed by atoms with Gasteiger partial charge in [0, 0.05) is 38.1 Å². The van der Waals surface area contributed by atoms with Crippen LogP contribution in [0.5, 0.6) is 0 Å². The van der Waals surface area contributed by atoms with Crippen LogP contribution >= 0.6 is 24.0 Å². The van der Waals surface area contributed by atoms with Crippen LogP contribution in [0.3, 0.4) is 0 Å². The number of guanidine groups is 1. The Hall–Kier alpha value is -1.61. The molecule has 0 aliphatic heterocycles. The fourth-order valence-electron chi connectivity index (χ4n) is 3.23. The molecule has 0 radical (unpaired) electrons. The van der Waals surface area contributed by atoms with Crippen molar-refractivity contribution in [2.75, 3.05) is 32.7 Å². The van der Waals surface area contributed by atoms with Crippen LogP contribution < -0.4 is 10.6 Å². The lowest BCUT2D eigenvalue weighted by Gasteiger charge is -2.19. The van der Waals surface area contributed by atoms with E-state index in [1.807, 2.05) is 16.9 Å². The molecule has 1 aromatic carbocycles. The van der Waals surface area contributed by atoms with Crippen LogP contribution in [0.1, 0.15) is 32.3 Å². The van der Waals surface area contributed by atoms with Crippen LogP contribution in [-0.2, 0) is 6.42 Å². The Morgan fingerprint density at radius 1 is 1.21 bits per heavy atom. The highest BCUT2D eigenvalue weighted by atomic mass is 127. The summed E-state index contributed by atoms with van der Waals surface area (Å²) in [6.07, 6.45) is 7.43. The smallest absolute Gasteiger partial charge is 0.191 e. The molecule has 28 heavy (non-hydrogen) atoms. The van der Waals surface area contributed by atoms with Crippen molar-refractivity contribution in [1.29, 1.82) is 0 Å². The van der Waals surface area contributed by atoms with Crippen molar-refractivity contribution in [3.63, 3.8) is 0 Å². The Labute approximate surface area is 185 Å². The molecule has 0 amide bonds. The summed E-state index contributed by atoms with van der Waals surface area (Å²) in [4.78, 5) is 7.27. The number of aliphatic imine (C=N–C) groups is 1. The fourth-order valence-corrected chi connectivity index (χ4v) is 3.23. The normalized spacial score (nSPS) is 14.0. The van der Waals surface area contributed by atoms with Gasteiger partial charge in [-0.05, 0) is 56.5 Å². The van der Waals surface area contributed by atoms with Gasteiger partial charge in [-0.15, -0.1) is 24.0 Å². The van der Waals surface area contributed by atoms with Crippen molar-refractivity contribution in [1.82, 2.24) is 25.3 Å². The van der Waals surface area contributed by atoms with Crippen molar-refractivity contribution in [2.45, 2.75) is 39.2 Å². The molecule has 1 heterocycles. The number of halogens is 1. The van der Waals surface area contributed by atoms with Crippen LogP contribution in [0.15, 0.2) is 47.7 Å². The van der Waals surface area contributed by atoms with Crippen molar-refractivity contribution in [2.24, 2.45) is 4.99 Å². The second-order valence-corrected chi connectivity index (χ2v) is 6.91. The van der Waals surface area contributed by atoms with E-state index in [0.29, 0.717) is 0 Å². The highest BCUT2D eigenvalue weighted by Gasteiger charge is 2.27. The monoisotopic (exact) mass is 496 g/mol. The highest BCUT2D eigenvalue weighted by molar-refractivity contribution is 14.0. The van der Waals surface area contributed by atoms with Crippen LogP contribution in [0.25, 0.3) is 5.69 Å². The van der Waals surface area contributed by atoms with Crippen molar-refractivity contribution < 1.29 is 0 Å². The van der Waals surface area contributed by atoms with E-state index in [2.05, 4.69) is 58.7 Å². The molecule has 0 atom stereocenters. The molecule has 2 aromatic rings. The maximum absolute atomic E-state index is 4.73. The summed E-state index contributed by atoms with van der Waals surface area (Å²) >= 11 is 0. The van der Waals surface area contributed by atoms with E-state index in [-0.39, 0.29) is 24.0 Å². The minimum Gasteiger partial charge on any atom is -0.357 e. The molecule has 1 aromatic heterocycles. The summed E-state index contributed by atoms with van der Waals surface area (Å²) < 4.78 is 1.87. The Morgan fingerprint density at radius 3 is 2.61 bits per heavy atom. The number of nitrogens with one attached hydrogen (secondary N) is 2. The quantitative estimate of drug-likeness (QED) is 0.302. The summed E-state index contributed by atoms with van der Waals surface area (Å²) in [5, 5.41) is 11.1. The summed E-state index contributed by atoms with van der Waals surface area (Å²) in [6.45, 7) is 9.11. The highest BCUT2D eigenvalue weighted by Crippen LogP contribution is 2.25. The average Bonchev–Trinajstić information content (AvgIpc) is 3.38. The van der Waals surface area contributed by atoms with Crippen LogP contribution in [0, 0.1) is 0 Å². The standard InChI is InChI=1S/C21H32N6.HI/c1-3-22-21(24-15-17-26(4-2)19-10-11-19)23-14-12-18-6-8-20(9-7-18)27-16-5-13-25-27;/h5-9,13,16,19H,3-4,10-12,14-15,17H2,1-2H3,(H2,22,23,24);1H. The van der Waals surface area contributed by atoms with Crippen LogP contribution in [-0.4, -0.2) is 59.4 Å². The van der Waals surface area contributed by atoms with E-state index in [9.17, 15) is 0 Å². The number of hydrogen-bond donors (Lipinski definition) is 2. The summed E-state index contributed by atoms with van der Waals surface area (Å²) in [7, 11) is 0. The molecule has 6 nitrogen and oxygen atoms in total. The van der Waals surface area contributed by atoms with Gasteiger partial charge in [0.05, 0.1) is 12.2 Å². The van der Waals surface area contributed by atoms with Gasteiger partial charge in [0.1, 0.15) is 0 Å². The number of likely N-dealkylation sites (N-methyl/N-ethyl adjacent to an activating group) is 1. The van der Waals surface area contributed by atoms with Gasteiger partial charge in [0.15, 0.2) is 5.96 Å². The van der Waals surface area contributed by atoms with Gasteiger partial charge in [-0.25, -0.2) is 4.68 Å². The molecule has 2 N–H and O–H groups in total. The first-order valence-corrected chi connectivity index (χ1v) is 10.1. The van der Waals surface area contributed by atoms with Gasteiger partial charge in [-0.2, -0.15) is 5.10 Å². The van der Waals surface area contributed by atoms with E-state index < -0.39 is 0 Å². The molecule has 1 saturated carbocycles. The predicted molar refractivity (Wildman–Crippen MR) is 127 cm³/mol. The molecule has 7 heteroatoms. The Balaban J connectivity index is 0.00000280. The summed E-state index contributed by atoms with van der Waals surface area (Å²) in [5.74, 6) is 0.914. The predicted octanol–water partition coefficient (Wildman–Crippen LogP) is 3.07. The lowest BCUT2D eigenvalue weighted by molar-refractivity contribution is 0.286. The summed E-state index contributed by atoms with van der Waals surface area (Å²) in [5.41, 5.74) is 2.39. The molecular formula is C21H33IN6. The molecule has 0 saturated heterocycles. The first kappa shape index (κ1) is 22.7. The Morgan fingerprint density at radius 2 is 2.00 bits per heavy atom. The molecule has 0 spiro atoms. The third-order valence-corrected chi connectivity index (χ3v) is 4.88. The third-order valence-electron chi connectivity index (χ3n) is 4.88. The van der Waals surface area contributed by atoms with Crippen molar-refractivity contribution >= 4 is 29.9 Å². The Kier molecular flexibility index (Phi) is 9.77. The topological polar surface area (TPSA) is 57.5 Å². The molecule has 1 fully saturated rings. The zero-order valence-electron chi connectivity index (χ0n) is 17.0. The molecule has 1 aliphatic rings. The minimum atomic E-state index is 0. The molecule has 0 bridgehead atoms. The second-order valence-electron chi connectivity index (χ2n) is 6.91. The number of hydrogen-bond acceptors (Lipinski definition) is 3. The lowest BCUT2D eigenvalue weighted by Crippen LogP contribution is -2.39. The van der Waals surface area contributed by atoms with E-state index >= 15 is 0 Å². The van der Waals surface area contributed by atoms with E-state index in [4.69, 9.17) is 4.99 Å². The van der Waals surface area contributed by atoms with Crippen LogP contribution in [0.4, 0.5) is 0 Å². The molecule has 3 rings (SSSR count). The van der Waals surface area contributed by atoms with Gasteiger partial charge < -0.3 is 10.6 Å². The zero-order valence-corrected chi connectivity index (χ0v) is 19.3. The number of benzene rings is 1. The first-order chi connectivity index (χ1) is 13.3. The van der Waals surface area contributed by atoms with Crippen molar-refractivity contribution in [3.05, 3.63) is 48.3 Å². The number of nitrogens with zero attached hydrogens (tertiary/aromatic N) is 4. The molecule has 1 aliphatic carbocycles. The van der Waals surface area contributed by atoms with E-state index in [0.717, 1.165) is 56.8 Å². The minimum absolute atomic E-state index is 0. The van der Waals surface area contributed by atoms with Gasteiger partial charge >= 0.3 is 0 Å². The summed E-state index contributed by atoms with van der Waals surface area (Å²) in [6, 6.07) is 11.3. The van der Waals surface area contributed by atoms with Gasteiger partial charge in [0.2, 0.25) is 0 Å². The average molecular weight is 496 g/mol. The maximum atomic E-state index is 4.73. The van der Waals surface area contributed by atoms with E-state index in [1.165, 1.54) is 18.4 Å². The molecular weight excluding hydrogens is 463 g/mol. The number of rotatable bonds is 10. The molecule has 0 unspecified atom stereocenters. The van der Waals surface area contributed by atoms with Gasteiger partial charge in [0.25, 0.3) is 0 Å².